The Hall–Kier alpha value is -2.13. The molecule has 22 heavy (non-hydrogen) atoms. The van der Waals surface area contributed by atoms with E-state index in [1.165, 1.54) is 14.2 Å². The van der Waals surface area contributed by atoms with Crippen LogP contribution in [0.15, 0.2) is 22.7 Å². The first kappa shape index (κ1) is 16.2. The number of ether oxygens (including phenoxy) is 2. The molecular weight excluding hydrogens is 310 g/mol. The van der Waals surface area contributed by atoms with E-state index in [2.05, 4.69) is 10.1 Å². The average Bonchev–Trinajstić information content (AvgIpc) is 2.94. The summed E-state index contributed by atoms with van der Waals surface area (Å²) in [5, 5.41) is 3.85. The summed E-state index contributed by atoms with van der Waals surface area (Å²) in [5.41, 5.74) is 0.676. The van der Waals surface area contributed by atoms with E-state index in [-0.39, 0.29) is 12.4 Å². The van der Waals surface area contributed by atoms with Crippen LogP contribution in [0.4, 0.5) is 0 Å². The van der Waals surface area contributed by atoms with Crippen molar-refractivity contribution >= 4 is 10.0 Å². The minimum Gasteiger partial charge on any atom is -0.493 e. The molecule has 120 valence electrons. The zero-order chi connectivity index (χ0) is 16.3. The maximum Gasteiger partial charge on any atom is 0.242 e. The van der Waals surface area contributed by atoms with E-state index in [1.54, 1.807) is 25.3 Å². The maximum atomic E-state index is 11.4. The van der Waals surface area contributed by atoms with Gasteiger partial charge in [0.1, 0.15) is 0 Å². The molecule has 0 amide bonds. The molecule has 0 spiro atoms. The van der Waals surface area contributed by atoms with E-state index in [1.807, 2.05) is 0 Å². The molecule has 1 aromatic carbocycles. The average molecular weight is 327 g/mol. The van der Waals surface area contributed by atoms with E-state index in [4.69, 9.17) is 14.0 Å². The van der Waals surface area contributed by atoms with Gasteiger partial charge in [-0.1, -0.05) is 5.16 Å². The molecule has 9 heteroatoms. The van der Waals surface area contributed by atoms with E-state index in [0.29, 0.717) is 22.9 Å². The lowest BCUT2D eigenvalue weighted by molar-refractivity contribution is 0.337. The third-order valence-electron chi connectivity index (χ3n) is 3.03. The van der Waals surface area contributed by atoms with Gasteiger partial charge in [0.15, 0.2) is 11.5 Å². The third kappa shape index (κ3) is 3.55. The summed E-state index contributed by atoms with van der Waals surface area (Å²) in [7, 11) is 1.21. The molecular formula is C13H17N3O5S. The fraction of sp³-hybridized carbons (Fsp3) is 0.385. The molecule has 0 unspecified atom stereocenters. The van der Waals surface area contributed by atoms with Gasteiger partial charge in [0.05, 0.1) is 27.0 Å². The fourth-order valence-electron chi connectivity index (χ4n) is 1.72. The van der Waals surface area contributed by atoms with Crippen molar-refractivity contribution in [1.82, 2.24) is 14.4 Å². The second-order valence-corrected chi connectivity index (χ2v) is 6.69. The highest BCUT2D eigenvalue weighted by molar-refractivity contribution is 7.88. The monoisotopic (exact) mass is 327 g/mol. The molecule has 1 heterocycles. The lowest BCUT2D eigenvalue weighted by Crippen LogP contribution is -2.25. The summed E-state index contributed by atoms with van der Waals surface area (Å²) in [6.45, 7) is 0.0130. The summed E-state index contributed by atoms with van der Waals surface area (Å²) in [4.78, 5) is 4.18. The van der Waals surface area contributed by atoms with E-state index in [9.17, 15) is 8.42 Å². The van der Waals surface area contributed by atoms with Gasteiger partial charge in [0.2, 0.25) is 21.7 Å². The van der Waals surface area contributed by atoms with Gasteiger partial charge in [0.25, 0.3) is 0 Å². The van der Waals surface area contributed by atoms with Crippen LogP contribution in [0.2, 0.25) is 0 Å². The molecule has 0 N–H and O–H groups in total. The zero-order valence-corrected chi connectivity index (χ0v) is 13.5. The van der Waals surface area contributed by atoms with Crippen molar-refractivity contribution < 1.29 is 22.4 Å². The van der Waals surface area contributed by atoms with Crippen LogP contribution in [0.25, 0.3) is 11.4 Å². The molecule has 0 radical (unpaired) electrons. The predicted molar refractivity (Wildman–Crippen MR) is 79.1 cm³/mol. The lowest BCUT2D eigenvalue weighted by atomic mass is 10.2. The zero-order valence-electron chi connectivity index (χ0n) is 12.7. The Bertz CT molecular complexity index is 757. The van der Waals surface area contributed by atoms with Gasteiger partial charge in [-0.25, -0.2) is 8.42 Å². The smallest absolute Gasteiger partial charge is 0.242 e. The van der Waals surface area contributed by atoms with Crippen LogP contribution in [-0.2, 0) is 16.6 Å². The Labute approximate surface area is 128 Å². The van der Waals surface area contributed by atoms with Crippen molar-refractivity contribution in [2.75, 3.05) is 27.5 Å². The number of hydrogen-bond acceptors (Lipinski definition) is 7. The van der Waals surface area contributed by atoms with Gasteiger partial charge in [-0.3, -0.25) is 0 Å². The first-order chi connectivity index (χ1) is 10.3. The van der Waals surface area contributed by atoms with Crippen LogP contribution < -0.4 is 9.47 Å². The fourth-order valence-corrected chi connectivity index (χ4v) is 2.06. The largest absolute Gasteiger partial charge is 0.493 e. The Morgan fingerprint density at radius 1 is 1.23 bits per heavy atom. The SMILES string of the molecule is COc1ccc(-c2noc(CN(C)S(C)(=O)=O)n2)cc1OC. The van der Waals surface area contributed by atoms with Crippen molar-refractivity contribution in [3.05, 3.63) is 24.1 Å². The van der Waals surface area contributed by atoms with Gasteiger partial charge in [-0.05, 0) is 18.2 Å². The number of aromatic nitrogens is 2. The van der Waals surface area contributed by atoms with Crippen LogP contribution in [0.3, 0.4) is 0 Å². The van der Waals surface area contributed by atoms with E-state index in [0.717, 1.165) is 10.6 Å². The Balaban J connectivity index is 2.25. The van der Waals surface area contributed by atoms with Crippen molar-refractivity contribution in [3.8, 4) is 22.9 Å². The highest BCUT2D eigenvalue weighted by atomic mass is 32.2. The van der Waals surface area contributed by atoms with Crippen molar-refractivity contribution in [2.24, 2.45) is 0 Å². The van der Waals surface area contributed by atoms with Gasteiger partial charge < -0.3 is 14.0 Å². The maximum absolute atomic E-state index is 11.4. The van der Waals surface area contributed by atoms with Crippen LogP contribution >= 0.6 is 0 Å². The van der Waals surface area contributed by atoms with Crippen molar-refractivity contribution in [3.63, 3.8) is 0 Å². The van der Waals surface area contributed by atoms with Gasteiger partial charge in [-0.15, -0.1) is 0 Å². The molecule has 1 aromatic heterocycles. The third-order valence-corrected chi connectivity index (χ3v) is 4.30. The van der Waals surface area contributed by atoms with Crippen LogP contribution in [0.1, 0.15) is 5.89 Å². The molecule has 2 rings (SSSR count). The van der Waals surface area contributed by atoms with Gasteiger partial charge in [0, 0.05) is 12.6 Å². The summed E-state index contributed by atoms with van der Waals surface area (Å²) in [6.07, 6.45) is 1.11. The molecule has 0 aliphatic heterocycles. The molecule has 0 atom stereocenters. The standard InChI is InChI=1S/C13H17N3O5S/c1-16(22(4,17)18)8-12-14-13(15-21-12)9-5-6-10(19-2)11(7-9)20-3/h5-7H,8H2,1-4H3. The summed E-state index contributed by atoms with van der Waals surface area (Å²) >= 11 is 0. The molecule has 0 aliphatic rings. The number of methoxy groups -OCH3 is 2. The summed E-state index contributed by atoms with van der Waals surface area (Å²) in [5.74, 6) is 1.68. The molecule has 8 nitrogen and oxygen atoms in total. The van der Waals surface area contributed by atoms with Gasteiger partial charge >= 0.3 is 0 Å². The molecule has 0 fully saturated rings. The van der Waals surface area contributed by atoms with Gasteiger partial charge in [-0.2, -0.15) is 9.29 Å². The number of benzene rings is 1. The first-order valence-corrected chi connectivity index (χ1v) is 8.16. The number of nitrogens with zero attached hydrogens (tertiary/aromatic N) is 3. The second-order valence-electron chi connectivity index (χ2n) is 4.60. The van der Waals surface area contributed by atoms with E-state index >= 15 is 0 Å². The van der Waals surface area contributed by atoms with Crippen LogP contribution in [-0.4, -0.2) is 50.4 Å². The number of rotatable bonds is 6. The minimum atomic E-state index is -3.31. The molecule has 0 saturated heterocycles. The Morgan fingerprint density at radius 2 is 1.91 bits per heavy atom. The minimum absolute atomic E-state index is 0.0130. The first-order valence-electron chi connectivity index (χ1n) is 6.31. The Morgan fingerprint density at radius 3 is 2.50 bits per heavy atom. The van der Waals surface area contributed by atoms with Crippen molar-refractivity contribution in [2.45, 2.75) is 6.54 Å². The lowest BCUT2D eigenvalue weighted by Gasteiger charge is -2.10. The molecule has 0 aliphatic carbocycles. The van der Waals surface area contributed by atoms with Crippen LogP contribution in [0, 0.1) is 0 Å². The summed E-state index contributed by atoms with van der Waals surface area (Å²) in [6, 6.07) is 5.21. The summed E-state index contributed by atoms with van der Waals surface area (Å²) < 4.78 is 39.3. The molecule has 0 saturated carbocycles. The molecule has 0 bridgehead atoms. The topological polar surface area (TPSA) is 94.8 Å². The van der Waals surface area contributed by atoms with Crippen LogP contribution in [0.5, 0.6) is 11.5 Å². The van der Waals surface area contributed by atoms with E-state index < -0.39 is 10.0 Å². The quantitative estimate of drug-likeness (QED) is 0.785. The highest BCUT2D eigenvalue weighted by Gasteiger charge is 2.17. The number of hydrogen-bond donors (Lipinski definition) is 0. The second kappa shape index (κ2) is 6.32. The Kier molecular flexibility index (Phi) is 4.67. The van der Waals surface area contributed by atoms with Crippen molar-refractivity contribution in [1.29, 1.82) is 0 Å². The normalized spacial score (nSPS) is 11.7. The highest BCUT2D eigenvalue weighted by Crippen LogP contribution is 2.31. The predicted octanol–water partition coefficient (Wildman–Crippen LogP) is 1.15. The molecule has 2 aromatic rings. The number of sulfonamides is 1.